The summed E-state index contributed by atoms with van der Waals surface area (Å²) in [4.78, 5) is 7.81. The molecular weight excluding hydrogens is 284 g/mol. The second-order valence-electron chi connectivity index (χ2n) is 3.68. The average molecular weight is 297 g/mol. The summed E-state index contributed by atoms with van der Waals surface area (Å²) >= 11 is 3.40. The molecule has 0 saturated carbocycles. The van der Waals surface area contributed by atoms with Gasteiger partial charge in [-0.25, -0.2) is 9.97 Å². The maximum absolute atomic E-state index is 10.3. The van der Waals surface area contributed by atoms with E-state index >= 15 is 0 Å². The Bertz CT molecular complexity index is 485. The number of halogens is 1. The van der Waals surface area contributed by atoms with E-state index in [9.17, 15) is 5.11 Å². The summed E-state index contributed by atoms with van der Waals surface area (Å²) in [5.74, 6) is 0. The van der Waals surface area contributed by atoms with Gasteiger partial charge in [0.15, 0.2) is 0 Å². The van der Waals surface area contributed by atoms with E-state index in [1.54, 1.807) is 23.3 Å². The normalized spacial score (nSPS) is 12.6. The molecule has 0 spiro atoms. The van der Waals surface area contributed by atoms with E-state index in [0.717, 1.165) is 23.1 Å². The van der Waals surface area contributed by atoms with Crippen molar-refractivity contribution in [1.29, 1.82) is 0 Å². The summed E-state index contributed by atoms with van der Waals surface area (Å²) in [5, 5.41) is 14.5. The van der Waals surface area contributed by atoms with Gasteiger partial charge in [0.25, 0.3) is 0 Å². The van der Waals surface area contributed by atoms with Gasteiger partial charge >= 0.3 is 0 Å². The Labute approximate surface area is 108 Å². The molecule has 90 valence electrons. The van der Waals surface area contributed by atoms with E-state index < -0.39 is 6.10 Å². The molecule has 0 bridgehead atoms. The summed E-state index contributed by atoms with van der Waals surface area (Å²) in [5.41, 5.74) is 1.40. The van der Waals surface area contributed by atoms with E-state index in [-0.39, 0.29) is 0 Å². The fourth-order valence-electron chi connectivity index (χ4n) is 1.64. The molecule has 0 aliphatic rings. The first-order valence-corrected chi connectivity index (χ1v) is 6.17. The lowest BCUT2D eigenvalue weighted by Gasteiger charge is -2.13. The van der Waals surface area contributed by atoms with E-state index in [2.05, 4.69) is 37.9 Å². The highest BCUT2D eigenvalue weighted by molar-refractivity contribution is 9.10. The van der Waals surface area contributed by atoms with Crippen molar-refractivity contribution in [1.82, 2.24) is 19.7 Å². The zero-order chi connectivity index (χ0) is 12.3. The van der Waals surface area contributed by atoms with Gasteiger partial charge in [-0.15, -0.1) is 0 Å². The Morgan fingerprint density at radius 3 is 2.71 bits per heavy atom. The number of aliphatic hydroxyl groups is 1. The first-order valence-electron chi connectivity index (χ1n) is 5.38. The second-order valence-corrected chi connectivity index (χ2v) is 4.53. The fourth-order valence-corrected chi connectivity index (χ4v) is 2.16. The molecule has 0 saturated heterocycles. The van der Waals surface area contributed by atoms with E-state index in [1.807, 2.05) is 0 Å². The highest BCUT2D eigenvalue weighted by Gasteiger charge is 2.19. The molecule has 6 heteroatoms. The largest absolute Gasteiger partial charge is 0.382 e. The molecule has 0 amide bonds. The van der Waals surface area contributed by atoms with Crippen molar-refractivity contribution in [3.05, 3.63) is 40.6 Å². The summed E-state index contributed by atoms with van der Waals surface area (Å²) in [7, 11) is 0. The van der Waals surface area contributed by atoms with E-state index in [4.69, 9.17) is 0 Å². The molecule has 0 aromatic carbocycles. The zero-order valence-electron chi connectivity index (χ0n) is 9.41. The van der Waals surface area contributed by atoms with Crippen molar-refractivity contribution in [2.75, 3.05) is 0 Å². The molecule has 5 nitrogen and oxygen atoms in total. The van der Waals surface area contributed by atoms with Crippen molar-refractivity contribution in [2.45, 2.75) is 26.0 Å². The van der Waals surface area contributed by atoms with Gasteiger partial charge in [-0.3, -0.25) is 4.68 Å². The van der Waals surface area contributed by atoms with Crippen molar-refractivity contribution in [3.8, 4) is 0 Å². The Kier molecular flexibility index (Phi) is 3.86. The quantitative estimate of drug-likeness (QED) is 0.936. The monoisotopic (exact) mass is 296 g/mol. The predicted octanol–water partition coefficient (Wildman–Crippen LogP) is 1.93. The minimum absolute atomic E-state index is 0.658. The average Bonchev–Trinajstić information content (AvgIpc) is 2.71. The second kappa shape index (κ2) is 5.37. The minimum Gasteiger partial charge on any atom is -0.382 e. The van der Waals surface area contributed by atoms with Crippen LogP contribution in [-0.4, -0.2) is 24.9 Å². The van der Waals surface area contributed by atoms with E-state index in [0.29, 0.717) is 5.56 Å². The van der Waals surface area contributed by atoms with Crippen LogP contribution in [0.1, 0.15) is 30.7 Å². The lowest BCUT2D eigenvalue weighted by Crippen LogP contribution is -2.11. The Morgan fingerprint density at radius 1 is 1.35 bits per heavy atom. The molecule has 2 aromatic rings. The van der Waals surface area contributed by atoms with Gasteiger partial charge in [-0.1, -0.05) is 6.92 Å². The van der Waals surface area contributed by atoms with Crippen molar-refractivity contribution >= 4 is 15.9 Å². The summed E-state index contributed by atoms with van der Waals surface area (Å²) in [6.07, 6.45) is 6.53. The van der Waals surface area contributed by atoms with Gasteiger partial charge in [-0.2, -0.15) is 5.10 Å². The Balaban J connectivity index is 2.36. The highest BCUT2D eigenvalue weighted by Crippen LogP contribution is 2.27. The first kappa shape index (κ1) is 12.2. The van der Waals surface area contributed by atoms with Crippen molar-refractivity contribution in [3.63, 3.8) is 0 Å². The number of aromatic nitrogens is 4. The van der Waals surface area contributed by atoms with Crippen LogP contribution in [0.15, 0.2) is 29.4 Å². The number of aliphatic hydroxyl groups excluding tert-OH is 1. The van der Waals surface area contributed by atoms with Gasteiger partial charge in [0, 0.05) is 24.5 Å². The van der Waals surface area contributed by atoms with Crippen LogP contribution in [-0.2, 0) is 6.54 Å². The lowest BCUT2D eigenvalue weighted by molar-refractivity contribution is 0.205. The van der Waals surface area contributed by atoms with Crippen LogP contribution in [0.5, 0.6) is 0 Å². The predicted molar refractivity (Wildman–Crippen MR) is 66.3 cm³/mol. The van der Waals surface area contributed by atoms with Gasteiger partial charge in [0.05, 0.1) is 16.4 Å². The van der Waals surface area contributed by atoms with Crippen LogP contribution in [0.4, 0.5) is 0 Å². The summed E-state index contributed by atoms with van der Waals surface area (Å²) in [6, 6.07) is 0. The van der Waals surface area contributed by atoms with Crippen LogP contribution < -0.4 is 0 Å². The maximum Gasteiger partial charge on any atom is 0.125 e. The highest BCUT2D eigenvalue weighted by atomic mass is 79.9. The molecule has 0 fully saturated rings. The van der Waals surface area contributed by atoms with Gasteiger partial charge < -0.3 is 5.11 Å². The number of hydrogen-bond donors (Lipinski definition) is 1. The summed E-state index contributed by atoms with van der Waals surface area (Å²) in [6.45, 7) is 2.84. The SMILES string of the molecule is CCCn1ncc(Br)c1C(O)c1cncnc1. The number of aryl methyl sites for hydroxylation is 1. The maximum atomic E-state index is 10.3. The van der Waals surface area contributed by atoms with Gasteiger partial charge in [-0.05, 0) is 22.4 Å². The fraction of sp³-hybridized carbons (Fsp3) is 0.364. The topological polar surface area (TPSA) is 63.8 Å². The molecule has 17 heavy (non-hydrogen) atoms. The zero-order valence-corrected chi connectivity index (χ0v) is 11.0. The molecule has 0 aliphatic heterocycles. The number of rotatable bonds is 4. The third-order valence-electron chi connectivity index (χ3n) is 2.42. The van der Waals surface area contributed by atoms with Crippen LogP contribution in [0.2, 0.25) is 0 Å². The summed E-state index contributed by atoms with van der Waals surface area (Å²) < 4.78 is 2.59. The van der Waals surface area contributed by atoms with Crippen LogP contribution in [0.3, 0.4) is 0 Å². The number of hydrogen-bond acceptors (Lipinski definition) is 4. The third kappa shape index (κ3) is 2.53. The van der Waals surface area contributed by atoms with Gasteiger partial charge in [0.2, 0.25) is 0 Å². The van der Waals surface area contributed by atoms with Crippen LogP contribution >= 0.6 is 15.9 Å². The molecule has 1 N–H and O–H groups in total. The molecule has 2 rings (SSSR count). The van der Waals surface area contributed by atoms with Crippen LogP contribution in [0, 0.1) is 0 Å². The molecule has 1 atom stereocenters. The van der Waals surface area contributed by atoms with E-state index in [1.165, 1.54) is 6.33 Å². The minimum atomic E-state index is -0.764. The Hall–Kier alpha value is -1.27. The molecule has 0 radical (unpaired) electrons. The molecule has 2 heterocycles. The molecule has 1 unspecified atom stereocenters. The molecule has 2 aromatic heterocycles. The van der Waals surface area contributed by atoms with Crippen molar-refractivity contribution < 1.29 is 5.11 Å². The van der Waals surface area contributed by atoms with Crippen molar-refractivity contribution in [2.24, 2.45) is 0 Å². The number of nitrogens with zero attached hydrogens (tertiary/aromatic N) is 4. The van der Waals surface area contributed by atoms with Gasteiger partial charge in [0.1, 0.15) is 12.4 Å². The first-order chi connectivity index (χ1) is 8.24. The molecular formula is C11H13BrN4O. The lowest BCUT2D eigenvalue weighted by atomic mass is 10.1. The van der Waals surface area contributed by atoms with Crippen LogP contribution in [0.25, 0.3) is 0 Å². The smallest absolute Gasteiger partial charge is 0.125 e. The molecule has 0 aliphatic carbocycles. The standard InChI is InChI=1S/C11H13BrN4O/c1-2-3-16-10(9(12)6-15-16)11(17)8-4-13-7-14-5-8/h4-7,11,17H,2-3H2,1H3. The Morgan fingerprint density at radius 2 is 2.06 bits per heavy atom. The third-order valence-corrected chi connectivity index (χ3v) is 3.03.